The Hall–Kier alpha value is -1.61. The molecule has 1 heterocycles. The maximum Gasteiger partial charge on any atom is 0.221 e. The van der Waals surface area contributed by atoms with Crippen molar-refractivity contribution in [3.05, 3.63) is 36.0 Å². The summed E-state index contributed by atoms with van der Waals surface area (Å²) in [6.07, 6.45) is 2.19. The molecule has 1 N–H and O–H groups in total. The zero-order chi connectivity index (χ0) is 14.4. The van der Waals surface area contributed by atoms with Crippen molar-refractivity contribution in [1.82, 2.24) is 10.3 Å². The van der Waals surface area contributed by atoms with Crippen LogP contribution in [-0.2, 0) is 6.54 Å². The van der Waals surface area contributed by atoms with Gasteiger partial charge in [0.2, 0.25) is 5.88 Å². The second-order valence-electron chi connectivity index (χ2n) is 5.38. The molecule has 3 heteroatoms. The highest BCUT2D eigenvalue weighted by atomic mass is 16.5. The number of nitrogens with one attached hydrogen (secondary N) is 1. The van der Waals surface area contributed by atoms with Crippen molar-refractivity contribution in [3.8, 4) is 5.88 Å². The van der Waals surface area contributed by atoms with Crippen molar-refractivity contribution in [2.45, 2.75) is 46.2 Å². The zero-order valence-corrected chi connectivity index (χ0v) is 12.6. The summed E-state index contributed by atoms with van der Waals surface area (Å²) in [5.41, 5.74) is 1.03. The third-order valence-electron chi connectivity index (χ3n) is 3.19. The van der Waals surface area contributed by atoms with E-state index in [2.05, 4.69) is 55.3 Å². The molecular weight excluding hydrogens is 248 g/mol. The largest absolute Gasteiger partial charge is 0.477 e. The molecular formula is C17H24N2O. The van der Waals surface area contributed by atoms with E-state index in [0.29, 0.717) is 6.04 Å². The summed E-state index contributed by atoms with van der Waals surface area (Å²) in [5.74, 6) is 0.761. The molecule has 0 saturated carbocycles. The molecule has 0 atom stereocenters. The van der Waals surface area contributed by atoms with Crippen molar-refractivity contribution in [1.29, 1.82) is 0 Å². The third kappa shape index (κ3) is 3.94. The molecule has 2 aromatic rings. The van der Waals surface area contributed by atoms with Gasteiger partial charge in [-0.1, -0.05) is 45.4 Å². The number of rotatable bonds is 7. The van der Waals surface area contributed by atoms with Gasteiger partial charge in [-0.25, -0.2) is 4.98 Å². The average Bonchev–Trinajstić information content (AvgIpc) is 2.45. The highest BCUT2D eigenvalue weighted by Gasteiger charge is 2.07. The molecule has 0 radical (unpaired) electrons. The third-order valence-corrected chi connectivity index (χ3v) is 3.19. The van der Waals surface area contributed by atoms with Crippen molar-refractivity contribution < 1.29 is 4.74 Å². The van der Waals surface area contributed by atoms with Crippen LogP contribution in [0.15, 0.2) is 30.3 Å². The monoisotopic (exact) mass is 272 g/mol. The maximum atomic E-state index is 5.87. The van der Waals surface area contributed by atoms with E-state index in [1.54, 1.807) is 0 Å². The van der Waals surface area contributed by atoms with Crippen LogP contribution < -0.4 is 10.1 Å². The molecule has 20 heavy (non-hydrogen) atoms. The maximum absolute atomic E-state index is 5.87. The average molecular weight is 272 g/mol. The van der Waals surface area contributed by atoms with E-state index >= 15 is 0 Å². The standard InChI is InChI=1S/C17H24N2O/c1-4-5-10-20-17-16-9-7-6-8-14(16)11-15(19-17)12-18-13(2)3/h6-9,11,13,18H,4-5,10,12H2,1-3H3. The first-order valence-corrected chi connectivity index (χ1v) is 7.45. The van der Waals surface area contributed by atoms with Crippen LogP contribution in [0.4, 0.5) is 0 Å². The lowest BCUT2D eigenvalue weighted by Gasteiger charge is -2.12. The SMILES string of the molecule is CCCCOc1nc(CNC(C)C)cc2ccccc12. The fourth-order valence-electron chi connectivity index (χ4n) is 2.04. The van der Waals surface area contributed by atoms with Crippen LogP contribution in [0.1, 0.15) is 39.3 Å². The number of aromatic nitrogens is 1. The number of ether oxygens (including phenoxy) is 1. The number of nitrogens with zero attached hydrogens (tertiary/aromatic N) is 1. The number of fused-ring (bicyclic) bond motifs is 1. The summed E-state index contributed by atoms with van der Waals surface area (Å²) >= 11 is 0. The number of benzene rings is 1. The minimum absolute atomic E-state index is 0.452. The van der Waals surface area contributed by atoms with E-state index in [1.165, 1.54) is 5.39 Å². The minimum Gasteiger partial charge on any atom is -0.477 e. The fraction of sp³-hybridized carbons (Fsp3) is 0.471. The van der Waals surface area contributed by atoms with Gasteiger partial charge in [-0.15, -0.1) is 0 Å². The molecule has 0 aliphatic heterocycles. The molecule has 3 nitrogen and oxygen atoms in total. The highest BCUT2D eigenvalue weighted by Crippen LogP contribution is 2.24. The zero-order valence-electron chi connectivity index (χ0n) is 12.6. The second-order valence-corrected chi connectivity index (χ2v) is 5.38. The van der Waals surface area contributed by atoms with Crippen molar-refractivity contribution in [3.63, 3.8) is 0 Å². The van der Waals surface area contributed by atoms with Gasteiger partial charge in [-0.2, -0.15) is 0 Å². The Morgan fingerprint density at radius 3 is 2.80 bits per heavy atom. The molecule has 0 fully saturated rings. The highest BCUT2D eigenvalue weighted by molar-refractivity contribution is 5.87. The molecule has 2 rings (SSSR count). The smallest absolute Gasteiger partial charge is 0.221 e. The van der Waals surface area contributed by atoms with Crippen molar-refractivity contribution >= 4 is 10.8 Å². The van der Waals surface area contributed by atoms with Gasteiger partial charge in [-0.05, 0) is 23.9 Å². The number of hydrogen-bond donors (Lipinski definition) is 1. The molecule has 1 aromatic carbocycles. The van der Waals surface area contributed by atoms with Gasteiger partial charge in [0.25, 0.3) is 0 Å². The molecule has 0 amide bonds. The van der Waals surface area contributed by atoms with Crippen LogP contribution in [0.3, 0.4) is 0 Å². The van der Waals surface area contributed by atoms with Crippen LogP contribution >= 0.6 is 0 Å². The summed E-state index contributed by atoms with van der Waals surface area (Å²) in [4.78, 5) is 4.66. The normalized spacial score (nSPS) is 11.2. The van der Waals surface area contributed by atoms with E-state index in [1.807, 2.05) is 6.07 Å². The van der Waals surface area contributed by atoms with Gasteiger partial charge in [0.05, 0.1) is 12.3 Å². The van der Waals surface area contributed by atoms with E-state index in [9.17, 15) is 0 Å². The van der Waals surface area contributed by atoms with Gasteiger partial charge in [0.15, 0.2) is 0 Å². The Labute approximate surface area is 121 Å². The summed E-state index contributed by atoms with van der Waals surface area (Å²) < 4.78 is 5.87. The van der Waals surface area contributed by atoms with E-state index in [-0.39, 0.29) is 0 Å². The molecule has 0 aliphatic rings. The Morgan fingerprint density at radius 1 is 1.25 bits per heavy atom. The minimum atomic E-state index is 0.452. The summed E-state index contributed by atoms with van der Waals surface area (Å²) in [6, 6.07) is 10.9. The summed E-state index contributed by atoms with van der Waals surface area (Å²) in [7, 11) is 0. The van der Waals surface area contributed by atoms with Gasteiger partial charge in [-0.3, -0.25) is 0 Å². The lowest BCUT2D eigenvalue weighted by Crippen LogP contribution is -2.22. The molecule has 1 aromatic heterocycles. The van der Waals surface area contributed by atoms with Crippen molar-refractivity contribution in [2.24, 2.45) is 0 Å². The number of hydrogen-bond acceptors (Lipinski definition) is 3. The Balaban J connectivity index is 2.26. The van der Waals surface area contributed by atoms with Crippen LogP contribution in [0.5, 0.6) is 5.88 Å². The second kappa shape index (κ2) is 7.25. The first kappa shape index (κ1) is 14.8. The molecule has 0 aliphatic carbocycles. The Bertz CT molecular complexity index is 552. The molecule has 0 saturated heterocycles. The van der Waals surface area contributed by atoms with Gasteiger partial charge in [0, 0.05) is 18.0 Å². The van der Waals surface area contributed by atoms with E-state index in [0.717, 1.165) is 43.0 Å². The van der Waals surface area contributed by atoms with Gasteiger partial charge >= 0.3 is 0 Å². The van der Waals surface area contributed by atoms with E-state index in [4.69, 9.17) is 4.74 Å². The summed E-state index contributed by atoms with van der Waals surface area (Å²) in [5, 5.41) is 5.69. The Morgan fingerprint density at radius 2 is 2.05 bits per heavy atom. The van der Waals surface area contributed by atoms with Crippen LogP contribution in [-0.4, -0.2) is 17.6 Å². The van der Waals surface area contributed by atoms with Gasteiger partial charge in [0.1, 0.15) is 0 Å². The molecule has 0 spiro atoms. The summed E-state index contributed by atoms with van der Waals surface area (Å²) in [6.45, 7) is 7.94. The molecule has 108 valence electrons. The molecule has 0 bridgehead atoms. The van der Waals surface area contributed by atoms with Crippen LogP contribution in [0.25, 0.3) is 10.8 Å². The lowest BCUT2D eigenvalue weighted by molar-refractivity contribution is 0.300. The van der Waals surface area contributed by atoms with Crippen LogP contribution in [0, 0.1) is 0 Å². The topological polar surface area (TPSA) is 34.1 Å². The van der Waals surface area contributed by atoms with Gasteiger partial charge < -0.3 is 10.1 Å². The number of pyridine rings is 1. The van der Waals surface area contributed by atoms with Crippen LogP contribution in [0.2, 0.25) is 0 Å². The first-order chi connectivity index (χ1) is 9.70. The predicted molar refractivity (Wildman–Crippen MR) is 84.1 cm³/mol. The quantitative estimate of drug-likeness (QED) is 0.776. The molecule has 0 unspecified atom stereocenters. The lowest BCUT2D eigenvalue weighted by atomic mass is 10.1. The van der Waals surface area contributed by atoms with Crippen molar-refractivity contribution in [2.75, 3.05) is 6.61 Å². The predicted octanol–water partition coefficient (Wildman–Crippen LogP) is 3.91. The number of unbranched alkanes of at least 4 members (excludes halogenated alkanes) is 1. The Kier molecular flexibility index (Phi) is 5.36. The van der Waals surface area contributed by atoms with E-state index < -0.39 is 0 Å². The first-order valence-electron chi connectivity index (χ1n) is 7.45. The fourth-order valence-corrected chi connectivity index (χ4v) is 2.04.